The van der Waals surface area contributed by atoms with Crippen LogP contribution in [0, 0.1) is 6.92 Å². The normalized spacial score (nSPS) is 10.7. The molecular formula is C22H30N2O3. The minimum absolute atomic E-state index is 0.226. The predicted octanol–water partition coefficient (Wildman–Crippen LogP) is 4.03. The number of amides is 1. The van der Waals surface area contributed by atoms with Crippen molar-refractivity contribution < 1.29 is 9.53 Å². The summed E-state index contributed by atoms with van der Waals surface area (Å²) in [5.41, 5.74) is 4.44. The maximum Gasteiger partial charge on any atom is 0.261 e. The number of aromatic nitrogens is 1. The van der Waals surface area contributed by atoms with Crippen LogP contribution < -0.4 is 15.5 Å². The molecule has 27 heavy (non-hydrogen) atoms. The van der Waals surface area contributed by atoms with E-state index in [0.29, 0.717) is 6.42 Å². The van der Waals surface area contributed by atoms with Crippen LogP contribution in [0.5, 0.6) is 5.75 Å². The van der Waals surface area contributed by atoms with Crippen LogP contribution in [0.25, 0.3) is 0 Å². The minimum atomic E-state index is -0.339. The molecule has 0 aliphatic carbocycles. The Bertz CT molecular complexity index is 872. The fraction of sp³-hybridized carbons (Fsp3) is 0.455. The average molecular weight is 370 g/mol. The highest BCUT2D eigenvalue weighted by molar-refractivity contribution is 6.06. The third kappa shape index (κ3) is 4.24. The number of benzene rings is 1. The second kappa shape index (κ2) is 8.89. The number of rotatable bonds is 7. The number of methoxy groups -OCH3 is 1. The molecule has 1 aromatic carbocycles. The van der Waals surface area contributed by atoms with Gasteiger partial charge < -0.3 is 14.6 Å². The number of anilines is 1. The lowest BCUT2D eigenvalue weighted by molar-refractivity contribution is 0.102. The molecule has 2 rings (SSSR count). The maximum atomic E-state index is 13.1. The van der Waals surface area contributed by atoms with Crippen LogP contribution >= 0.6 is 0 Å². The summed E-state index contributed by atoms with van der Waals surface area (Å²) >= 11 is 0. The number of pyridine rings is 1. The molecule has 1 amide bonds. The van der Waals surface area contributed by atoms with Crippen molar-refractivity contribution in [3.8, 4) is 5.75 Å². The molecule has 0 aliphatic rings. The van der Waals surface area contributed by atoms with Crippen molar-refractivity contribution in [3.63, 3.8) is 0 Å². The first-order valence-electron chi connectivity index (χ1n) is 9.58. The smallest absolute Gasteiger partial charge is 0.261 e. The molecule has 2 aromatic rings. The zero-order chi connectivity index (χ0) is 20.1. The second-order valence-electron chi connectivity index (χ2n) is 6.76. The Morgan fingerprint density at radius 3 is 2.19 bits per heavy atom. The van der Waals surface area contributed by atoms with Crippen molar-refractivity contribution in [1.82, 2.24) is 4.57 Å². The minimum Gasteiger partial charge on any atom is -0.497 e. The Kier molecular flexibility index (Phi) is 6.83. The van der Waals surface area contributed by atoms with Crippen molar-refractivity contribution in [1.29, 1.82) is 0 Å². The van der Waals surface area contributed by atoms with Gasteiger partial charge in [-0.3, -0.25) is 9.59 Å². The molecule has 1 heterocycles. The fourth-order valence-corrected chi connectivity index (χ4v) is 3.40. The van der Waals surface area contributed by atoms with Gasteiger partial charge in [0.2, 0.25) is 0 Å². The Morgan fingerprint density at radius 1 is 1.11 bits per heavy atom. The SMILES string of the molecule is CCCc1c(C(=O)Nc2c(CC)cc(OC)cc2CC)c(=O)cc(C)n1C. The van der Waals surface area contributed by atoms with Gasteiger partial charge in [0.15, 0.2) is 5.43 Å². The van der Waals surface area contributed by atoms with Crippen LogP contribution in [0.3, 0.4) is 0 Å². The van der Waals surface area contributed by atoms with E-state index >= 15 is 0 Å². The summed E-state index contributed by atoms with van der Waals surface area (Å²) in [4.78, 5) is 25.8. The monoisotopic (exact) mass is 370 g/mol. The zero-order valence-corrected chi connectivity index (χ0v) is 17.2. The first kappa shape index (κ1) is 20.7. The van der Waals surface area contributed by atoms with E-state index in [1.54, 1.807) is 7.11 Å². The summed E-state index contributed by atoms with van der Waals surface area (Å²) in [5, 5.41) is 3.03. The van der Waals surface area contributed by atoms with Crippen molar-refractivity contribution in [2.75, 3.05) is 12.4 Å². The Hall–Kier alpha value is -2.56. The van der Waals surface area contributed by atoms with Gasteiger partial charge >= 0.3 is 0 Å². The van der Waals surface area contributed by atoms with Gasteiger partial charge in [-0.05, 0) is 49.4 Å². The number of carbonyl (C=O) groups excluding carboxylic acids is 1. The van der Waals surface area contributed by atoms with Crippen LogP contribution in [0.1, 0.15) is 60.1 Å². The molecule has 0 atom stereocenters. The van der Waals surface area contributed by atoms with E-state index in [0.717, 1.165) is 53.2 Å². The highest BCUT2D eigenvalue weighted by atomic mass is 16.5. The van der Waals surface area contributed by atoms with Crippen LogP contribution in [-0.4, -0.2) is 17.6 Å². The fourth-order valence-electron chi connectivity index (χ4n) is 3.40. The third-order valence-electron chi connectivity index (χ3n) is 5.03. The average Bonchev–Trinajstić information content (AvgIpc) is 2.65. The van der Waals surface area contributed by atoms with Gasteiger partial charge in [0.1, 0.15) is 11.3 Å². The molecule has 5 heteroatoms. The summed E-state index contributed by atoms with van der Waals surface area (Å²) in [6.45, 7) is 8.01. The lowest BCUT2D eigenvalue weighted by Gasteiger charge is -2.19. The molecule has 0 unspecified atom stereocenters. The molecule has 1 aromatic heterocycles. The van der Waals surface area contributed by atoms with Crippen molar-refractivity contribution in [2.24, 2.45) is 7.05 Å². The van der Waals surface area contributed by atoms with Gasteiger partial charge in [0.25, 0.3) is 5.91 Å². The summed E-state index contributed by atoms with van der Waals surface area (Å²) < 4.78 is 7.32. The van der Waals surface area contributed by atoms with Gasteiger partial charge in [0.05, 0.1) is 7.11 Å². The number of nitrogens with zero attached hydrogens (tertiary/aromatic N) is 1. The van der Waals surface area contributed by atoms with E-state index in [-0.39, 0.29) is 16.9 Å². The van der Waals surface area contributed by atoms with Gasteiger partial charge in [-0.2, -0.15) is 0 Å². The predicted molar refractivity (Wildman–Crippen MR) is 110 cm³/mol. The standard InChI is InChI=1S/C22H30N2O3/c1-7-10-18-20(19(25)11-14(4)24(18)5)22(26)23-21-15(8-2)12-17(27-6)13-16(21)9-3/h11-13H,7-10H2,1-6H3,(H,23,26). The first-order chi connectivity index (χ1) is 12.9. The molecule has 0 saturated carbocycles. The van der Waals surface area contributed by atoms with Gasteiger partial charge in [-0.25, -0.2) is 0 Å². The largest absolute Gasteiger partial charge is 0.497 e. The number of hydrogen-bond donors (Lipinski definition) is 1. The van der Waals surface area contributed by atoms with Crippen molar-refractivity contribution in [2.45, 2.75) is 53.4 Å². The molecule has 0 radical (unpaired) electrons. The summed E-state index contributed by atoms with van der Waals surface area (Å²) in [5.74, 6) is 0.438. The molecule has 1 N–H and O–H groups in total. The Balaban J connectivity index is 2.56. The van der Waals surface area contributed by atoms with E-state index in [1.807, 2.05) is 51.4 Å². The lowest BCUT2D eigenvalue weighted by atomic mass is 10.0. The molecule has 0 spiro atoms. The quantitative estimate of drug-likeness (QED) is 0.800. The topological polar surface area (TPSA) is 60.3 Å². The Labute approximate surface area is 161 Å². The summed E-state index contributed by atoms with van der Waals surface area (Å²) in [7, 11) is 3.54. The first-order valence-corrected chi connectivity index (χ1v) is 9.58. The molecule has 0 fully saturated rings. The van der Waals surface area contributed by atoms with E-state index in [4.69, 9.17) is 4.74 Å². The lowest BCUT2D eigenvalue weighted by Crippen LogP contribution is -2.28. The number of carbonyl (C=O) groups is 1. The van der Waals surface area contributed by atoms with Gasteiger partial charge in [-0.1, -0.05) is 27.2 Å². The van der Waals surface area contributed by atoms with E-state index < -0.39 is 0 Å². The highest BCUT2D eigenvalue weighted by Crippen LogP contribution is 2.29. The van der Waals surface area contributed by atoms with Crippen LogP contribution in [-0.2, 0) is 26.3 Å². The van der Waals surface area contributed by atoms with E-state index in [2.05, 4.69) is 5.32 Å². The van der Waals surface area contributed by atoms with E-state index in [9.17, 15) is 9.59 Å². The number of ether oxygens (including phenoxy) is 1. The summed E-state index contributed by atoms with van der Waals surface area (Å²) in [6, 6.07) is 5.41. The zero-order valence-electron chi connectivity index (χ0n) is 17.2. The third-order valence-corrected chi connectivity index (χ3v) is 5.03. The Morgan fingerprint density at radius 2 is 1.70 bits per heavy atom. The maximum absolute atomic E-state index is 13.1. The molecule has 146 valence electrons. The van der Waals surface area contributed by atoms with Crippen molar-refractivity contribution >= 4 is 11.6 Å². The van der Waals surface area contributed by atoms with Crippen LogP contribution in [0.4, 0.5) is 5.69 Å². The van der Waals surface area contributed by atoms with E-state index in [1.165, 1.54) is 6.07 Å². The molecule has 0 saturated heterocycles. The molecular weight excluding hydrogens is 340 g/mol. The number of nitrogens with one attached hydrogen (secondary N) is 1. The van der Waals surface area contributed by atoms with Gasteiger partial charge in [-0.15, -0.1) is 0 Å². The molecule has 0 bridgehead atoms. The summed E-state index contributed by atoms with van der Waals surface area (Å²) in [6.07, 6.45) is 3.06. The number of aryl methyl sites for hydroxylation is 3. The molecule has 5 nitrogen and oxygen atoms in total. The van der Waals surface area contributed by atoms with Gasteiger partial charge in [0, 0.05) is 30.2 Å². The molecule has 0 aliphatic heterocycles. The van der Waals surface area contributed by atoms with Crippen molar-refractivity contribution in [3.05, 3.63) is 56.5 Å². The highest BCUT2D eigenvalue weighted by Gasteiger charge is 2.21. The number of hydrogen-bond acceptors (Lipinski definition) is 3. The second-order valence-corrected chi connectivity index (χ2v) is 6.76. The van der Waals surface area contributed by atoms with Crippen LogP contribution in [0.2, 0.25) is 0 Å². The van der Waals surface area contributed by atoms with Crippen LogP contribution in [0.15, 0.2) is 23.0 Å².